The molecule has 0 heterocycles. The number of nitrogens with one attached hydrogen (secondary N) is 1. The third-order valence-electron chi connectivity index (χ3n) is 2.92. The molecule has 106 valence electrons. The lowest BCUT2D eigenvalue weighted by Crippen LogP contribution is -2.34. The van der Waals surface area contributed by atoms with Crippen molar-refractivity contribution in [3.63, 3.8) is 0 Å². The lowest BCUT2D eigenvalue weighted by atomic mass is 9.92. The molecule has 0 saturated heterocycles. The largest absolute Gasteiger partial charge is 0.384 e. The van der Waals surface area contributed by atoms with Gasteiger partial charge in [0.15, 0.2) is 0 Å². The molecule has 0 aromatic heterocycles. The highest BCUT2D eigenvalue weighted by Crippen LogP contribution is 2.23. The molecule has 0 fully saturated rings. The molecule has 0 unspecified atom stereocenters. The van der Waals surface area contributed by atoms with Crippen LogP contribution in [0.3, 0.4) is 0 Å². The van der Waals surface area contributed by atoms with Crippen molar-refractivity contribution < 1.29 is 4.92 Å². The summed E-state index contributed by atoms with van der Waals surface area (Å²) in [6.45, 7) is 8.07. The Labute approximate surface area is 114 Å². The van der Waals surface area contributed by atoms with Crippen molar-refractivity contribution in [3.05, 3.63) is 33.9 Å². The SMILES string of the molecule is Cc1cc([N+](=O)[O-])ccc1NCC(C)(C)CN(C)C. The van der Waals surface area contributed by atoms with Gasteiger partial charge in [-0.05, 0) is 38.1 Å². The van der Waals surface area contributed by atoms with Crippen LogP contribution >= 0.6 is 0 Å². The van der Waals surface area contributed by atoms with Crippen molar-refractivity contribution in [2.24, 2.45) is 5.41 Å². The van der Waals surface area contributed by atoms with E-state index in [0.717, 1.165) is 24.3 Å². The molecule has 1 N–H and O–H groups in total. The Bertz CT molecular complexity index is 456. The number of nitro groups is 1. The maximum atomic E-state index is 10.7. The molecule has 5 nitrogen and oxygen atoms in total. The maximum absolute atomic E-state index is 10.7. The van der Waals surface area contributed by atoms with E-state index in [0.29, 0.717) is 0 Å². The Morgan fingerprint density at radius 3 is 2.47 bits per heavy atom. The Kier molecular flexibility index (Phi) is 4.89. The summed E-state index contributed by atoms with van der Waals surface area (Å²) in [5.41, 5.74) is 2.13. The van der Waals surface area contributed by atoms with Crippen LogP contribution in [0.15, 0.2) is 18.2 Å². The van der Waals surface area contributed by atoms with Gasteiger partial charge in [0.2, 0.25) is 0 Å². The van der Waals surface area contributed by atoms with Crippen molar-refractivity contribution >= 4 is 11.4 Å². The first-order chi connectivity index (χ1) is 8.71. The molecule has 0 radical (unpaired) electrons. The molecular formula is C14H23N3O2. The molecule has 5 heteroatoms. The number of nitro benzene ring substituents is 1. The number of anilines is 1. The van der Waals surface area contributed by atoms with E-state index < -0.39 is 0 Å². The molecule has 0 atom stereocenters. The highest BCUT2D eigenvalue weighted by atomic mass is 16.6. The van der Waals surface area contributed by atoms with Crippen LogP contribution in [0, 0.1) is 22.5 Å². The average molecular weight is 265 g/mol. The lowest BCUT2D eigenvalue weighted by molar-refractivity contribution is -0.384. The van der Waals surface area contributed by atoms with Gasteiger partial charge in [0.05, 0.1) is 4.92 Å². The van der Waals surface area contributed by atoms with Crippen LogP contribution in [0.25, 0.3) is 0 Å². The fraction of sp³-hybridized carbons (Fsp3) is 0.571. The van der Waals surface area contributed by atoms with Crippen LogP contribution in [0.4, 0.5) is 11.4 Å². The fourth-order valence-corrected chi connectivity index (χ4v) is 2.21. The summed E-state index contributed by atoms with van der Waals surface area (Å²) in [5.74, 6) is 0. The minimum Gasteiger partial charge on any atom is -0.384 e. The summed E-state index contributed by atoms with van der Waals surface area (Å²) in [4.78, 5) is 12.5. The molecule has 0 bridgehead atoms. The highest BCUT2D eigenvalue weighted by molar-refractivity contribution is 5.55. The molecule has 0 aliphatic heterocycles. The number of hydrogen-bond donors (Lipinski definition) is 1. The van der Waals surface area contributed by atoms with Gasteiger partial charge >= 0.3 is 0 Å². The first kappa shape index (κ1) is 15.4. The zero-order chi connectivity index (χ0) is 14.6. The van der Waals surface area contributed by atoms with Gasteiger partial charge in [0.25, 0.3) is 5.69 Å². The fourth-order valence-electron chi connectivity index (χ4n) is 2.21. The van der Waals surface area contributed by atoms with E-state index in [-0.39, 0.29) is 16.0 Å². The van der Waals surface area contributed by atoms with E-state index in [1.54, 1.807) is 12.1 Å². The number of hydrogen-bond acceptors (Lipinski definition) is 4. The molecule has 1 rings (SSSR count). The zero-order valence-electron chi connectivity index (χ0n) is 12.4. The second-order valence-electron chi connectivity index (χ2n) is 6.01. The normalized spacial score (nSPS) is 11.7. The molecular weight excluding hydrogens is 242 g/mol. The van der Waals surface area contributed by atoms with E-state index in [1.165, 1.54) is 6.07 Å². The average Bonchev–Trinajstić information content (AvgIpc) is 2.25. The van der Waals surface area contributed by atoms with Crippen LogP contribution in [-0.2, 0) is 0 Å². The summed E-state index contributed by atoms with van der Waals surface area (Å²) in [7, 11) is 4.11. The monoisotopic (exact) mass is 265 g/mol. The van der Waals surface area contributed by atoms with Crippen LogP contribution in [-0.4, -0.2) is 37.0 Å². The van der Waals surface area contributed by atoms with Crippen molar-refractivity contribution in [1.29, 1.82) is 0 Å². The first-order valence-corrected chi connectivity index (χ1v) is 6.35. The molecule has 1 aromatic carbocycles. The van der Waals surface area contributed by atoms with Gasteiger partial charge in [-0.2, -0.15) is 0 Å². The Hall–Kier alpha value is -1.62. The summed E-state index contributed by atoms with van der Waals surface area (Å²) >= 11 is 0. The van der Waals surface area contributed by atoms with Gasteiger partial charge in [-0.3, -0.25) is 10.1 Å². The zero-order valence-corrected chi connectivity index (χ0v) is 12.4. The maximum Gasteiger partial charge on any atom is 0.269 e. The number of aryl methyl sites for hydroxylation is 1. The van der Waals surface area contributed by atoms with Crippen LogP contribution in [0.2, 0.25) is 0 Å². The molecule has 0 amide bonds. The van der Waals surface area contributed by atoms with E-state index in [9.17, 15) is 10.1 Å². The lowest BCUT2D eigenvalue weighted by Gasteiger charge is -2.29. The highest BCUT2D eigenvalue weighted by Gasteiger charge is 2.19. The van der Waals surface area contributed by atoms with Crippen molar-refractivity contribution in [2.45, 2.75) is 20.8 Å². The minimum atomic E-state index is -0.368. The Morgan fingerprint density at radius 1 is 1.37 bits per heavy atom. The van der Waals surface area contributed by atoms with Crippen molar-refractivity contribution in [3.8, 4) is 0 Å². The van der Waals surface area contributed by atoms with Crippen LogP contribution in [0.5, 0.6) is 0 Å². The standard InChI is InChI=1S/C14H23N3O2/c1-11-8-12(17(18)19)6-7-13(11)15-9-14(2,3)10-16(4)5/h6-8,15H,9-10H2,1-5H3. The molecule has 0 aliphatic rings. The van der Waals surface area contributed by atoms with Gasteiger partial charge in [-0.25, -0.2) is 0 Å². The Morgan fingerprint density at radius 2 is 2.00 bits per heavy atom. The van der Waals surface area contributed by atoms with Crippen molar-refractivity contribution in [1.82, 2.24) is 4.90 Å². The number of benzene rings is 1. The van der Waals surface area contributed by atoms with Gasteiger partial charge in [-0.1, -0.05) is 13.8 Å². The summed E-state index contributed by atoms with van der Waals surface area (Å²) in [5, 5.41) is 14.1. The van der Waals surface area contributed by atoms with Crippen LogP contribution in [0.1, 0.15) is 19.4 Å². The smallest absolute Gasteiger partial charge is 0.269 e. The third-order valence-corrected chi connectivity index (χ3v) is 2.92. The van der Waals surface area contributed by atoms with Gasteiger partial charge < -0.3 is 10.2 Å². The van der Waals surface area contributed by atoms with E-state index in [1.807, 2.05) is 6.92 Å². The molecule has 19 heavy (non-hydrogen) atoms. The molecule has 0 spiro atoms. The Balaban J connectivity index is 2.71. The number of non-ortho nitro benzene ring substituents is 1. The quantitative estimate of drug-likeness (QED) is 0.634. The van der Waals surface area contributed by atoms with Gasteiger partial charge in [0, 0.05) is 30.9 Å². The summed E-state index contributed by atoms with van der Waals surface area (Å²) in [6.07, 6.45) is 0. The first-order valence-electron chi connectivity index (χ1n) is 6.35. The predicted octanol–water partition coefficient (Wildman–Crippen LogP) is 2.90. The molecule has 0 saturated carbocycles. The predicted molar refractivity (Wildman–Crippen MR) is 78.7 cm³/mol. The van der Waals surface area contributed by atoms with Crippen molar-refractivity contribution in [2.75, 3.05) is 32.5 Å². The third kappa shape index (κ3) is 4.87. The molecule has 0 aliphatic carbocycles. The topological polar surface area (TPSA) is 58.4 Å². The van der Waals surface area contributed by atoms with Crippen LogP contribution < -0.4 is 5.32 Å². The summed E-state index contributed by atoms with van der Waals surface area (Å²) < 4.78 is 0. The second kappa shape index (κ2) is 6.02. The second-order valence-corrected chi connectivity index (χ2v) is 6.01. The number of rotatable bonds is 6. The number of nitrogens with zero attached hydrogens (tertiary/aromatic N) is 2. The van der Waals surface area contributed by atoms with E-state index >= 15 is 0 Å². The van der Waals surface area contributed by atoms with E-state index in [2.05, 4.69) is 38.2 Å². The van der Waals surface area contributed by atoms with E-state index in [4.69, 9.17) is 0 Å². The van der Waals surface area contributed by atoms with Gasteiger partial charge in [0.1, 0.15) is 0 Å². The minimum absolute atomic E-state index is 0.135. The van der Waals surface area contributed by atoms with Gasteiger partial charge in [-0.15, -0.1) is 0 Å². The summed E-state index contributed by atoms with van der Waals surface area (Å²) in [6, 6.07) is 4.91. The molecule has 1 aromatic rings.